The second-order valence-electron chi connectivity index (χ2n) is 6.11. The molecular weight excluding hydrogens is 372 g/mol. The maximum atomic E-state index is 12.7. The molecule has 0 aliphatic rings. The van der Waals surface area contributed by atoms with Gasteiger partial charge >= 0.3 is 5.97 Å². The zero-order chi connectivity index (χ0) is 20.8. The molecule has 0 unspecified atom stereocenters. The van der Waals surface area contributed by atoms with E-state index in [2.05, 4.69) is 20.6 Å². The first-order valence-corrected chi connectivity index (χ1v) is 8.74. The highest BCUT2D eigenvalue weighted by Gasteiger charge is 2.15. The van der Waals surface area contributed by atoms with Crippen LogP contribution in [0, 0.1) is 6.92 Å². The number of benzene rings is 2. The Morgan fingerprint density at radius 3 is 2.52 bits per heavy atom. The van der Waals surface area contributed by atoms with Crippen LogP contribution in [-0.4, -0.2) is 36.1 Å². The Morgan fingerprint density at radius 2 is 1.76 bits per heavy atom. The number of aromatic nitrogens is 2. The number of hydrogen-bond acceptors (Lipinski definition) is 7. The average Bonchev–Trinajstić information content (AvgIpc) is 2.74. The molecular formula is C21H20N4O4. The van der Waals surface area contributed by atoms with E-state index in [-0.39, 0.29) is 5.69 Å². The van der Waals surface area contributed by atoms with Gasteiger partial charge in [-0.05, 0) is 36.8 Å². The Kier molecular flexibility index (Phi) is 6.03. The van der Waals surface area contributed by atoms with Gasteiger partial charge in [0.15, 0.2) is 0 Å². The summed E-state index contributed by atoms with van der Waals surface area (Å²) in [4.78, 5) is 32.7. The first kappa shape index (κ1) is 19.8. The predicted octanol–water partition coefficient (Wildman–Crippen LogP) is 3.58. The van der Waals surface area contributed by atoms with E-state index < -0.39 is 11.9 Å². The molecule has 0 aliphatic carbocycles. The molecule has 0 bridgehead atoms. The number of carbonyl (C=O) groups is 2. The van der Waals surface area contributed by atoms with Crippen molar-refractivity contribution < 1.29 is 19.1 Å². The van der Waals surface area contributed by atoms with Crippen LogP contribution in [0.2, 0.25) is 0 Å². The third-order valence-electron chi connectivity index (χ3n) is 4.10. The van der Waals surface area contributed by atoms with Crippen molar-refractivity contribution in [1.82, 2.24) is 9.97 Å². The van der Waals surface area contributed by atoms with Gasteiger partial charge in [-0.2, -0.15) is 0 Å². The van der Waals surface area contributed by atoms with E-state index in [1.807, 2.05) is 19.1 Å². The number of nitrogens with one attached hydrogen (secondary N) is 2. The molecule has 1 amide bonds. The largest absolute Gasteiger partial charge is 0.495 e. The number of methoxy groups -OCH3 is 2. The second-order valence-corrected chi connectivity index (χ2v) is 6.11. The first-order valence-electron chi connectivity index (χ1n) is 8.74. The summed E-state index contributed by atoms with van der Waals surface area (Å²) in [7, 11) is 2.84. The Labute approximate surface area is 167 Å². The molecule has 3 rings (SSSR count). The van der Waals surface area contributed by atoms with Gasteiger partial charge in [-0.15, -0.1) is 0 Å². The number of rotatable bonds is 6. The van der Waals surface area contributed by atoms with Gasteiger partial charge in [-0.25, -0.2) is 14.8 Å². The second kappa shape index (κ2) is 8.83. The van der Waals surface area contributed by atoms with E-state index in [0.717, 1.165) is 5.56 Å². The van der Waals surface area contributed by atoms with Crippen LogP contribution < -0.4 is 15.4 Å². The molecule has 8 nitrogen and oxygen atoms in total. The molecule has 2 N–H and O–H groups in total. The van der Waals surface area contributed by atoms with Crippen molar-refractivity contribution in [1.29, 1.82) is 0 Å². The summed E-state index contributed by atoms with van der Waals surface area (Å²) in [6.45, 7) is 1.92. The van der Waals surface area contributed by atoms with Crippen LogP contribution in [0.15, 0.2) is 54.9 Å². The SMILES string of the molecule is COC(=O)c1ccccc1Nc1cc(C(=O)Nc2cc(C)ccc2OC)ncn1. The molecule has 0 spiro atoms. The fraction of sp³-hybridized carbons (Fsp3) is 0.143. The molecule has 0 atom stereocenters. The highest BCUT2D eigenvalue weighted by molar-refractivity contribution is 6.04. The lowest BCUT2D eigenvalue weighted by molar-refractivity contribution is 0.0601. The first-order chi connectivity index (χ1) is 14.0. The zero-order valence-electron chi connectivity index (χ0n) is 16.2. The molecule has 3 aromatic rings. The van der Waals surface area contributed by atoms with Crippen LogP contribution in [0.1, 0.15) is 26.4 Å². The summed E-state index contributed by atoms with van der Waals surface area (Å²) < 4.78 is 10.1. The number of esters is 1. The summed E-state index contributed by atoms with van der Waals surface area (Å²) in [6.07, 6.45) is 1.27. The molecule has 1 aromatic heterocycles. The standard InChI is InChI=1S/C21H20N4O4/c1-13-8-9-18(28-2)16(10-13)25-20(26)17-11-19(23-12-22-17)24-15-7-5-4-6-14(15)21(27)29-3/h4-12H,1-3H3,(H,25,26)(H,22,23,24). The lowest BCUT2D eigenvalue weighted by atomic mass is 10.2. The van der Waals surface area contributed by atoms with E-state index in [0.29, 0.717) is 28.5 Å². The van der Waals surface area contributed by atoms with Crippen molar-refractivity contribution in [3.8, 4) is 5.75 Å². The van der Waals surface area contributed by atoms with E-state index in [4.69, 9.17) is 9.47 Å². The average molecular weight is 392 g/mol. The summed E-state index contributed by atoms with van der Waals surface area (Å²) in [5.74, 6) is 0.00772. The molecule has 29 heavy (non-hydrogen) atoms. The highest BCUT2D eigenvalue weighted by Crippen LogP contribution is 2.26. The van der Waals surface area contributed by atoms with E-state index >= 15 is 0 Å². The molecule has 8 heteroatoms. The van der Waals surface area contributed by atoms with Crippen LogP contribution in [0.5, 0.6) is 5.75 Å². The number of amides is 1. The summed E-state index contributed by atoms with van der Waals surface area (Å²) in [5.41, 5.74) is 2.53. The molecule has 148 valence electrons. The number of aryl methyl sites for hydroxylation is 1. The van der Waals surface area contributed by atoms with E-state index in [9.17, 15) is 9.59 Å². The van der Waals surface area contributed by atoms with Gasteiger partial charge in [0.2, 0.25) is 0 Å². The third kappa shape index (κ3) is 4.67. The molecule has 0 radical (unpaired) electrons. The summed E-state index contributed by atoms with van der Waals surface area (Å²) in [6, 6.07) is 13.8. The molecule has 0 fully saturated rings. The van der Waals surface area contributed by atoms with Gasteiger partial charge in [0, 0.05) is 6.07 Å². The van der Waals surface area contributed by atoms with Crippen LogP contribution in [-0.2, 0) is 4.74 Å². The van der Waals surface area contributed by atoms with Crippen LogP contribution in [0.3, 0.4) is 0 Å². The Balaban J connectivity index is 1.83. The Morgan fingerprint density at radius 1 is 0.966 bits per heavy atom. The number of nitrogens with zero attached hydrogens (tertiary/aromatic N) is 2. The summed E-state index contributed by atoms with van der Waals surface area (Å²) in [5, 5.41) is 5.81. The van der Waals surface area contributed by atoms with Crippen LogP contribution >= 0.6 is 0 Å². The zero-order valence-corrected chi connectivity index (χ0v) is 16.2. The van der Waals surface area contributed by atoms with Gasteiger partial charge in [-0.3, -0.25) is 4.79 Å². The van der Waals surface area contributed by atoms with Gasteiger partial charge in [0.25, 0.3) is 5.91 Å². The number of hydrogen-bond donors (Lipinski definition) is 2. The molecule has 1 heterocycles. The molecule has 0 saturated carbocycles. The minimum atomic E-state index is -0.480. The number of anilines is 3. The minimum Gasteiger partial charge on any atom is -0.495 e. The summed E-state index contributed by atoms with van der Waals surface area (Å²) >= 11 is 0. The number of carbonyl (C=O) groups excluding carboxylic acids is 2. The Hall–Kier alpha value is -3.94. The molecule has 0 saturated heterocycles. The quantitative estimate of drug-likeness (QED) is 0.618. The van der Waals surface area contributed by atoms with Crippen LogP contribution in [0.4, 0.5) is 17.2 Å². The smallest absolute Gasteiger partial charge is 0.339 e. The van der Waals surface area contributed by atoms with Crippen molar-refractivity contribution in [3.63, 3.8) is 0 Å². The Bertz CT molecular complexity index is 1050. The maximum Gasteiger partial charge on any atom is 0.339 e. The van der Waals surface area contributed by atoms with Crippen molar-refractivity contribution in [2.45, 2.75) is 6.92 Å². The van der Waals surface area contributed by atoms with Gasteiger partial charge < -0.3 is 20.1 Å². The number of ether oxygens (including phenoxy) is 2. The van der Waals surface area contributed by atoms with Gasteiger partial charge in [0.1, 0.15) is 23.6 Å². The van der Waals surface area contributed by atoms with Crippen molar-refractivity contribution in [2.75, 3.05) is 24.9 Å². The maximum absolute atomic E-state index is 12.7. The van der Waals surface area contributed by atoms with Gasteiger partial charge in [-0.1, -0.05) is 18.2 Å². The fourth-order valence-electron chi connectivity index (χ4n) is 2.67. The lowest BCUT2D eigenvalue weighted by Gasteiger charge is -2.12. The lowest BCUT2D eigenvalue weighted by Crippen LogP contribution is -2.15. The van der Waals surface area contributed by atoms with Crippen molar-refractivity contribution in [2.24, 2.45) is 0 Å². The fourth-order valence-corrected chi connectivity index (χ4v) is 2.67. The topological polar surface area (TPSA) is 102 Å². The monoisotopic (exact) mass is 392 g/mol. The third-order valence-corrected chi connectivity index (χ3v) is 4.10. The van der Waals surface area contributed by atoms with Crippen molar-refractivity contribution in [3.05, 3.63) is 71.7 Å². The van der Waals surface area contributed by atoms with Crippen LogP contribution in [0.25, 0.3) is 0 Å². The van der Waals surface area contributed by atoms with E-state index in [1.54, 1.807) is 30.3 Å². The van der Waals surface area contributed by atoms with E-state index in [1.165, 1.54) is 26.6 Å². The predicted molar refractivity (Wildman–Crippen MR) is 109 cm³/mol. The molecule has 2 aromatic carbocycles. The van der Waals surface area contributed by atoms with Crippen molar-refractivity contribution >= 4 is 29.1 Å². The highest BCUT2D eigenvalue weighted by atomic mass is 16.5. The minimum absolute atomic E-state index is 0.154. The van der Waals surface area contributed by atoms with Gasteiger partial charge in [0.05, 0.1) is 31.2 Å². The normalized spacial score (nSPS) is 10.2. The molecule has 0 aliphatic heterocycles. The number of para-hydroxylation sites is 1.